The zero-order valence-electron chi connectivity index (χ0n) is 41.9. The van der Waals surface area contributed by atoms with Gasteiger partial charge in [-0.15, -0.1) is 0 Å². The summed E-state index contributed by atoms with van der Waals surface area (Å²) in [7, 11) is 4.46. The highest BCUT2D eigenvalue weighted by molar-refractivity contribution is 6.33. The van der Waals surface area contributed by atoms with Crippen molar-refractivity contribution < 1.29 is 51.8 Å². The number of alkyl halides is 3. The SMILES string of the molecule is CC[C@H]1NC(=O)[C@H](Cc2cc(Cl)ccc2Cl)N(C)C(=O)[C@H](CC(C)C)NC(=O)[C@@H](N(C)C(=O)[C@@H](NC(=O)[C@@H]2Cc3ccc(O)cc3CN2C(=O)C2(C(F)(F)F)CC3(CCC3)C2)C2CC2)CCCCN(C)C1=O. The quantitative estimate of drug-likeness (QED) is 0.201. The van der Waals surface area contributed by atoms with Crippen molar-refractivity contribution in [2.24, 2.45) is 22.7 Å². The summed E-state index contributed by atoms with van der Waals surface area (Å²) < 4.78 is 45.3. The third-order valence-corrected chi connectivity index (χ3v) is 16.5. The zero-order chi connectivity index (χ0) is 52.6. The Labute approximate surface area is 429 Å². The van der Waals surface area contributed by atoms with Crippen LogP contribution in [0.1, 0.15) is 115 Å². The van der Waals surface area contributed by atoms with Gasteiger partial charge in [0.1, 0.15) is 47.4 Å². The van der Waals surface area contributed by atoms with Crippen molar-refractivity contribution in [1.29, 1.82) is 0 Å². The van der Waals surface area contributed by atoms with Gasteiger partial charge >= 0.3 is 6.18 Å². The molecule has 1 spiro atoms. The lowest BCUT2D eigenvalue weighted by molar-refractivity contribution is -0.286. The maximum absolute atomic E-state index is 15.1. The van der Waals surface area contributed by atoms with E-state index in [9.17, 15) is 38.7 Å². The third-order valence-electron chi connectivity index (χ3n) is 15.9. The highest BCUT2D eigenvalue weighted by Crippen LogP contribution is 2.69. The van der Waals surface area contributed by atoms with Gasteiger partial charge in [0.25, 0.3) is 0 Å². The molecule has 4 N–H and O–H groups in total. The van der Waals surface area contributed by atoms with Crippen LogP contribution >= 0.6 is 23.2 Å². The smallest absolute Gasteiger partial charge is 0.403 e. The molecule has 2 aromatic carbocycles. The van der Waals surface area contributed by atoms with Crippen molar-refractivity contribution in [3.05, 3.63) is 63.1 Å². The van der Waals surface area contributed by atoms with Crippen LogP contribution in [0.5, 0.6) is 5.75 Å². The molecule has 3 aliphatic carbocycles. The first-order valence-electron chi connectivity index (χ1n) is 25.2. The van der Waals surface area contributed by atoms with Crippen LogP contribution in [-0.2, 0) is 52.9 Å². The number of rotatable bonds is 11. The van der Waals surface area contributed by atoms with Gasteiger partial charge in [0.05, 0.1) is 0 Å². The Bertz CT molecular complexity index is 2420. The van der Waals surface area contributed by atoms with Crippen LogP contribution in [0, 0.1) is 22.7 Å². The summed E-state index contributed by atoms with van der Waals surface area (Å²) in [5.74, 6) is -5.61. The van der Waals surface area contributed by atoms with Crippen molar-refractivity contribution in [1.82, 2.24) is 35.6 Å². The molecule has 6 atom stereocenters. The van der Waals surface area contributed by atoms with E-state index in [2.05, 4.69) is 16.0 Å². The average Bonchev–Trinajstić information content (AvgIpc) is 4.14. The lowest BCUT2D eigenvalue weighted by Crippen LogP contribution is -2.67. The van der Waals surface area contributed by atoms with Crippen LogP contribution in [0.15, 0.2) is 36.4 Å². The number of amides is 7. The fraction of sp³-hybridized carbons (Fsp3) is 0.635. The summed E-state index contributed by atoms with van der Waals surface area (Å²) in [5.41, 5.74) is -1.80. The number of nitrogens with one attached hydrogen (secondary N) is 3. The molecule has 3 saturated carbocycles. The highest BCUT2D eigenvalue weighted by atomic mass is 35.5. The Morgan fingerprint density at radius 3 is 2.19 bits per heavy atom. The molecule has 1 saturated heterocycles. The summed E-state index contributed by atoms with van der Waals surface area (Å²) >= 11 is 12.9. The Balaban J connectivity index is 1.17. The molecule has 15 nitrogen and oxygen atoms in total. The van der Waals surface area contributed by atoms with Gasteiger partial charge in [-0.25, -0.2) is 0 Å². The van der Waals surface area contributed by atoms with Gasteiger partial charge in [-0.2, -0.15) is 13.2 Å². The van der Waals surface area contributed by atoms with Gasteiger partial charge in [-0.05, 0) is 135 Å². The summed E-state index contributed by atoms with van der Waals surface area (Å²) in [6.45, 7) is 5.36. The maximum Gasteiger partial charge on any atom is 0.403 e. The van der Waals surface area contributed by atoms with Crippen LogP contribution in [0.2, 0.25) is 10.0 Å². The normalized spacial score (nSPS) is 25.4. The number of halogens is 5. The van der Waals surface area contributed by atoms with E-state index < -0.39 is 88.7 Å². The first-order valence-corrected chi connectivity index (χ1v) is 26.0. The van der Waals surface area contributed by atoms with Gasteiger partial charge in [0, 0.05) is 57.1 Å². The Kier molecular flexibility index (Phi) is 16.5. The maximum atomic E-state index is 15.1. The summed E-state index contributed by atoms with van der Waals surface area (Å²) in [6.07, 6.45) is -1.64. The molecule has 0 bridgehead atoms. The van der Waals surface area contributed by atoms with E-state index in [-0.39, 0.29) is 81.5 Å². The van der Waals surface area contributed by atoms with Crippen LogP contribution in [0.4, 0.5) is 13.2 Å². The predicted molar refractivity (Wildman–Crippen MR) is 263 cm³/mol. The van der Waals surface area contributed by atoms with Gasteiger partial charge < -0.3 is 40.7 Å². The standard InChI is InChI=1S/C52H68Cl2F3N7O8/c1-7-37-46(69)61(4)20-9-8-11-39(43(66)59-38(21-29(2)3)47(70)63(6)40(44(67)58-37)25-32-22-34(53)15-17-36(32)54)62(5)48(71)42(30-12-13-30)60-45(68)41-24-31-14-16-35(65)23-33(31)26-64(41)49(72)51(52(55,56)57)27-50(28-51)18-10-19-50/h14-17,22-23,29-30,37-42,65H,7-13,18-21,24-28H2,1-6H3,(H,58,67)(H,59,66)(H,60,68)/t37-,38+,39+,40+,41+,42+/m1/s1. The highest BCUT2D eigenvalue weighted by Gasteiger charge is 2.73. The van der Waals surface area contributed by atoms with Crippen molar-refractivity contribution in [3.8, 4) is 5.75 Å². The number of benzene rings is 2. The number of phenolic OH excluding ortho intramolecular Hbond substituents is 1. The minimum absolute atomic E-state index is 0.0826. The van der Waals surface area contributed by atoms with Crippen molar-refractivity contribution in [2.75, 3.05) is 27.7 Å². The number of carbonyl (C=O) groups excluding carboxylic acids is 7. The van der Waals surface area contributed by atoms with E-state index in [0.717, 1.165) is 11.3 Å². The molecular formula is C52H68Cl2F3N7O8. The van der Waals surface area contributed by atoms with Crippen molar-refractivity contribution >= 4 is 64.6 Å². The zero-order valence-corrected chi connectivity index (χ0v) is 43.4. The summed E-state index contributed by atoms with van der Waals surface area (Å²) in [4.78, 5) is 106. The van der Waals surface area contributed by atoms with Gasteiger partial charge in [0.2, 0.25) is 41.4 Å². The lowest BCUT2D eigenvalue weighted by Gasteiger charge is -2.61. The van der Waals surface area contributed by atoms with Gasteiger partial charge in [0.15, 0.2) is 0 Å². The number of hydrogen-bond donors (Lipinski definition) is 4. The molecule has 5 aliphatic rings. The number of likely N-dealkylation sites (N-methyl/N-ethyl adjacent to an activating group) is 3. The molecular weight excluding hydrogens is 979 g/mol. The number of carbonyl (C=O) groups is 7. The molecule has 20 heteroatoms. The molecule has 0 radical (unpaired) electrons. The number of hydrogen-bond acceptors (Lipinski definition) is 8. The fourth-order valence-electron chi connectivity index (χ4n) is 11.3. The Morgan fingerprint density at radius 1 is 0.903 bits per heavy atom. The summed E-state index contributed by atoms with van der Waals surface area (Å²) in [6, 6.07) is 1.91. The molecule has 2 aliphatic heterocycles. The second-order valence-corrected chi connectivity index (χ2v) is 22.3. The molecule has 0 unspecified atom stereocenters. The first-order chi connectivity index (χ1) is 33.9. The molecule has 7 amide bonds. The minimum Gasteiger partial charge on any atom is -0.508 e. The van der Waals surface area contributed by atoms with Crippen LogP contribution in [0.3, 0.4) is 0 Å². The monoisotopic (exact) mass is 1050 g/mol. The van der Waals surface area contributed by atoms with E-state index in [4.69, 9.17) is 23.2 Å². The second-order valence-electron chi connectivity index (χ2n) is 21.5. The van der Waals surface area contributed by atoms with E-state index in [1.807, 2.05) is 13.8 Å². The summed E-state index contributed by atoms with van der Waals surface area (Å²) in [5, 5.41) is 19.5. The number of aromatic hydroxyl groups is 1. The number of nitrogens with zero attached hydrogens (tertiary/aromatic N) is 4. The molecule has 0 aromatic heterocycles. The van der Waals surface area contributed by atoms with Crippen LogP contribution < -0.4 is 16.0 Å². The Hall–Kier alpha value is -5.10. The molecule has 72 heavy (non-hydrogen) atoms. The van der Waals surface area contributed by atoms with Gasteiger partial charge in [-0.1, -0.05) is 56.5 Å². The number of phenols is 1. The molecule has 2 aromatic rings. The third kappa shape index (κ3) is 11.5. The fourth-order valence-corrected chi connectivity index (χ4v) is 11.7. The van der Waals surface area contributed by atoms with Crippen molar-refractivity contribution in [3.63, 3.8) is 0 Å². The van der Waals surface area contributed by atoms with E-state index in [0.29, 0.717) is 65.3 Å². The minimum atomic E-state index is -4.88. The van der Waals surface area contributed by atoms with E-state index in [1.54, 1.807) is 38.2 Å². The van der Waals surface area contributed by atoms with Gasteiger partial charge in [-0.3, -0.25) is 33.6 Å². The molecule has 7 rings (SSSR count). The van der Waals surface area contributed by atoms with Crippen molar-refractivity contribution in [2.45, 2.75) is 160 Å². The van der Waals surface area contributed by atoms with E-state index in [1.165, 1.54) is 40.9 Å². The molecule has 4 fully saturated rings. The molecule has 394 valence electrons. The predicted octanol–water partition coefficient (Wildman–Crippen LogP) is 6.32. The number of fused-ring (bicyclic) bond motifs is 1. The largest absolute Gasteiger partial charge is 0.508 e. The Morgan fingerprint density at radius 2 is 1.58 bits per heavy atom. The average molecular weight is 1050 g/mol. The second kappa shape index (κ2) is 21.8. The van der Waals surface area contributed by atoms with Crippen LogP contribution in [-0.4, -0.2) is 136 Å². The topological polar surface area (TPSA) is 189 Å². The first kappa shape index (κ1) is 54.7. The lowest BCUT2D eigenvalue weighted by atomic mass is 9.44. The van der Waals surface area contributed by atoms with E-state index >= 15 is 13.2 Å². The molecule has 2 heterocycles. The van der Waals surface area contributed by atoms with Crippen LogP contribution in [0.25, 0.3) is 0 Å².